The van der Waals surface area contributed by atoms with Gasteiger partial charge in [-0.3, -0.25) is 4.79 Å². The van der Waals surface area contributed by atoms with Crippen LogP contribution in [-0.4, -0.2) is 33.0 Å². The van der Waals surface area contributed by atoms with Gasteiger partial charge < -0.3 is 20.7 Å². The Morgan fingerprint density at radius 1 is 1.29 bits per heavy atom. The second kappa shape index (κ2) is 5.91. The lowest BCUT2D eigenvalue weighted by atomic mass is 10.1. The maximum Gasteiger partial charge on any atom is 0.263 e. The first-order valence-electron chi connectivity index (χ1n) is 7.32. The topological polar surface area (TPSA) is 101 Å². The van der Waals surface area contributed by atoms with E-state index >= 15 is 0 Å². The quantitative estimate of drug-likeness (QED) is 0.792. The highest BCUT2D eigenvalue weighted by Crippen LogP contribution is 2.28. The van der Waals surface area contributed by atoms with Gasteiger partial charge in [0.1, 0.15) is 5.82 Å². The summed E-state index contributed by atoms with van der Waals surface area (Å²) in [5.41, 5.74) is -0.263. The smallest absolute Gasteiger partial charge is 0.263 e. The van der Waals surface area contributed by atoms with Crippen LogP contribution in [0.3, 0.4) is 0 Å². The molecule has 3 N–H and O–H groups in total. The Kier molecular flexibility index (Phi) is 3.92. The van der Waals surface area contributed by atoms with E-state index in [4.69, 9.17) is 4.74 Å². The largest absolute Gasteiger partial charge is 0.480 e. The highest BCUT2D eigenvalue weighted by molar-refractivity contribution is 5.94. The number of nitrogens with zero attached hydrogens (tertiary/aromatic N) is 3. The standard InChI is InChI=1S/C15H17FN6O2/c1-15(2,3)22-14-17-6-8(16)12(21-14)18-10-5-4-9-13(19-10)20-11(23)7-24-9/h4-6H,7H2,1-3H3,(H3,17,18,19,20,21,22,23). The zero-order chi connectivity index (χ0) is 17.3. The van der Waals surface area contributed by atoms with Gasteiger partial charge in [0.15, 0.2) is 29.8 Å². The summed E-state index contributed by atoms with van der Waals surface area (Å²) in [6.07, 6.45) is 1.08. The summed E-state index contributed by atoms with van der Waals surface area (Å²) in [4.78, 5) is 23.6. The predicted octanol–water partition coefficient (Wildman–Crippen LogP) is 2.30. The Balaban J connectivity index is 1.84. The molecule has 8 nitrogen and oxygen atoms in total. The molecule has 0 aliphatic carbocycles. The van der Waals surface area contributed by atoms with Gasteiger partial charge in [-0.25, -0.2) is 14.4 Å². The highest BCUT2D eigenvalue weighted by Gasteiger charge is 2.18. The number of pyridine rings is 1. The lowest BCUT2D eigenvalue weighted by Gasteiger charge is -2.21. The molecule has 0 bridgehead atoms. The summed E-state index contributed by atoms with van der Waals surface area (Å²) in [6.45, 7) is 5.78. The van der Waals surface area contributed by atoms with Gasteiger partial charge in [0.05, 0.1) is 6.20 Å². The Hall–Kier alpha value is -2.97. The SMILES string of the molecule is CC(C)(C)Nc1ncc(F)c(Nc2ccc3c(n2)NC(=O)CO3)n1. The highest BCUT2D eigenvalue weighted by atomic mass is 19.1. The van der Waals surface area contributed by atoms with E-state index in [0.717, 1.165) is 6.20 Å². The minimum absolute atomic E-state index is 0.0211. The van der Waals surface area contributed by atoms with Crippen molar-refractivity contribution in [2.24, 2.45) is 0 Å². The molecule has 3 rings (SSSR count). The van der Waals surface area contributed by atoms with Crippen LogP contribution in [0.15, 0.2) is 18.3 Å². The lowest BCUT2D eigenvalue weighted by molar-refractivity contribution is -0.118. The number of anilines is 4. The lowest BCUT2D eigenvalue weighted by Crippen LogP contribution is -2.27. The number of fused-ring (bicyclic) bond motifs is 1. The van der Waals surface area contributed by atoms with Gasteiger partial charge in [-0.05, 0) is 32.9 Å². The third kappa shape index (κ3) is 3.67. The number of halogens is 1. The molecule has 126 valence electrons. The summed E-state index contributed by atoms with van der Waals surface area (Å²) in [6, 6.07) is 3.24. The van der Waals surface area contributed by atoms with Gasteiger partial charge in [0.25, 0.3) is 5.91 Å². The Morgan fingerprint density at radius 3 is 2.83 bits per heavy atom. The van der Waals surface area contributed by atoms with Crippen LogP contribution in [-0.2, 0) is 4.79 Å². The molecule has 0 spiro atoms. The summed E-state index contributed by atoms with van der Waals surface area (Å²) in [5, 5.41) is 8.43. The molecular weight excluding hydrogens is 315 g/mol. The van der Waals surface area contributed by atoms with Crippen LogP contribution >= 0.6 is 0 Å². The van der Waals surface area contributed by atoms with E-state index in [1.54, 1.807) is 12.1 Å². The van der Waals surface area contributed by atoms with E-state index in [2.05, 4.69) is 30.9 Å². The molecule has 2 aromatic rings. The molecule has 9 heteroatoms. The molecule has 1 aliphatic heterocycles. The van der Waals surface area contributed by atoms with Gasteiger partial charge in [-0.2, -0.15) is 4.98 Å². The van der Waals surface area contributed by atoms with Crippen molar-refractivity contribution < 1.29 is 13.9 Å². The maximum absolute atomic E-state index is 14.0. The number of rotatable bonds is 3. The van der Waals surface area contributed by atoms with Gasteiger partial charge in [-0.1, -0.05) is 0 Å². The second-order valence-electron chi connectivity index (χ2n) is 6.27. The minimum Gasteiger partial charge on any atom is -0.480 e. The van der Waals surface area contributed by atoms with Crippen molar-refractivity contribution in [3.05, 3.63) is 24.1 Å². The molecule has 0 atom stereocenters. The van der Waals surface area contributed by atoms with Crippen molar-refractivity contribution in [2.75, 3.05) is 22.6 Å². The van der Waals surface area contributed by atoms with E-state index in [-0.39, 0.29) is 29.7 Å². The fraction of sp³-hybridized carbons (Fsp3) is 0.333. The maximum atomic E-state index is 14.0. The van der Waals surface area contributed by atoms with E-state index in [1.165, 1.54) is 0 Å². The van der Waals surface area contributed by atoms with Crippen molar-refractivity contribution in [1.82, 2.24) is 15.0 Å². The van der Waals surface area contributed by atoms with Gasteiger partial charge >= 0.3 is 0 Å². The molecule has 0 saturated heterocycles. The van der Waals surface area contributed by atoms with Crippen LogP contribution < -0.4 is 20.7 Å². The number of hydrogen-bond donors (Lipinski definition) is 3. The average molecular weight is 332 g/mol. The normalized spacial score (nSPS) is 13.6. The van der Waals surface area contributed by atoms with Crippen LogP contribution in [0, 0.1) is 5.82 Å². The van der Waals surface area contributed by atoms with Crippen LogP contribution in [0.2, 0.25) is 0 Å². The Bertz CT molecular complexity index is 790. The van der Waals surface area contributed by atoms with Crippen LogP contribution in [0.4, 0.5) is 27.8 Å². The second-order valence-corrected chi connectivity index (χ2v) is 6.27. The molecule has 0 saturated carbocycles. The molecule has 3 heterocycles. The molecule has 0 aromatic carbocycles. The van der Waals surface area contributed by atoms with Crippen LogP contribution in [0.25, 0.3) is 0 Å². The molecule has 24 heavy (non-hydrogen) atoms. The van der Waals surface area contributed by atoms with E-state index in [1.807, 2.05) is 20.8 Å². The fourth-order valence-electron chi connectivity index (χ4n) is 2.01. The van der Waals surface area contributed by atoms with E-state index in [9.17, 15) is 9.18 Å². The summed E-state index contributed by atoms with van der Waals surface area (Å²) in [7, 11) is 0. The van der Waals surface area contributed by atoms with Crippen molar-refractivity contribution in [2.45, 2.75) is 26.3 Å². The molecule has 2 aromatic heterocycles. The molecule has 0 radical (unpaired) electrons. The number of carbonyl (C=O) groups excluding carboxylic acids is 1. The van der Waals surface area contributed by atoms with Crippen LogP contribution in [0.5, 0.6) is 5.75 Å². The summed E-state index contributed by atoms with van der Waals surface area (Å²) >= 11 is 0. The van der Waals surface area contributed by atoms with Crippen molar-refractivity contribution in [3.63, 3.8) is 0 Å². The molecule has 1 aliphatic rings. The number of amides is 1. The van der Waals surface area contributed by atoms with Crippen molar-refractivity contribution >= 4 is 29.3 Å². The summed E-state index contributed by atoms with van der Waals surface area (Å²) in [5.74, 6) is 0.413. The van der Waals surface area contributed by atoms with E-state index in [0.29, 0.717) is 17.5 Å². The monoisotopic (exact) mass is 332 g/mol. The van der Waals surface area contributed by atoms with Gasteiger partial charge in [-0.15, -0.1) is 0 Å². The predicted molar refractivity (Wildman–Crippen MR) is 87.0 cm³/mol. The number of ether oxygens (including phenoxy) is 1. The summed E-state index contributed by atoms with van der Waals surface area (Å²) < 4.78 is 19.2. The van der Waals surface area contributed by atoms with Gasteiger partial charge in [0.2, 0.25) is 5.95 Å². The Morgan fingerprint density at radius 2 is 2.08 bits per heavy atom. The minimum atomic E-state index is -0.616. The molecular formula is C15H17FN6O2. The molecule has 0 unspecified atom stereocenters. The van der Waals surface area contributed by atoms with Crippen molar-refractivity contribution in [1.29, 1.82) is 0 Å². The molecule has 1 amide bonds. The third-order valence-corrected chi connectivity index (χ3v) is 2.95. The number of carbonyl (C=O) groups is 1. The van der Waals surface area contributed by atoms with Crippen LogP contribution in [0.1, 0.15) is 20.8 Å². The fourth-order valence-corrected chi connectivity index (χ4v) is 2.01. The average Bonchev–Trinajstić information content (AvgIpc) is 2.49. The first kappa shape index (κ1) is 15.9. The van der Waals surface area contributed by atoms with E-state index < -0.39 is 5.82 Å². The number of nitrogens with one attached hydrogen (secondary N) is 3. The first-order valence-corrected chi connectivity index (χ1v) is 7.32. The zero-order valence-corrected chi connectivity index (χ0v) is 13.5. The van der Waals surface area contributed by atoms with Gasteiger partial charge in [0, 0.05) is 5.54 Å². The Labute approximate surface area is 137 Å². The zero-order valence-electron chi connectivity index (χ0n) is 13.5. The first-order chi connectivity index (χ1) is 11.3. The van der Waals surface area contributed by atoms with Crippen molar-refractivity contribution in [3.8, 4) is 5.75 Å². The number of aromatic nitrogens is 3. The number of hydrogen-bond acceptors (Lipinski definition) is 7. The third-order valence-electron chi connectivity index (χ3n) is 2.95. The molecule has 0 fully saturated rings.